The summed E-state index contributed by atoms with van der Waals surface area (Å²) in [7, 11) is 2.14. The van der Waals surface area contributed by atoms with Crippen LogP contribution in [-0.4, -0.2) is 24.4 Å². The minimum atomic E-state index is -0.156. The molecule has 0 saturated heterocycles. The Labute approximate surface area is 160 Å². The summed E-state index contributed by atoms with van der Waals surface area (Å²) in [5, 5.41) is 3.64. The second-order valence-corrected chi connectivity index (χ2v) is 8.07. The normalized spacial score (nSPS) is 16.5. The topological polar surface area (TPSA) is 32.3 Å². The predicted octanol–water partition coefficient (Wildman–Crippen LogP) is 5.02. The molecule has 0 spiro atoms. The smallest absolute Gasteiger partial charge is 0.248 e. The number of rotatable bonds is 3. The lowest BCUT2D eigenvalue weighted by Crippen LogP contribution is -2.40. The first-order valence-corrected chi connectivity index (χ1v) is 9.21. The van der Waals surface area contributed by atoms with E-state index in [0.29, 0.717) is 5.02 Å². The molecule has 4 heteroatoms. The minimum Gasteiger partial charge on any atom is -0.322 e. The van der Waals surface area contributed by atoms with Gasteiger partial charge < -0.3 is 10.2 Å². The Kier molecular flexibility index (Phi) is 5.22. The van der Waals surface area contributed by atoms with Gasteiger partial charge in [0.05, 0.1) is 0 Å². The monoisotopic (exact) mass is 368 g/mol. The number of likely N-dealkylation sites (N-methyl/N-ethyl adjacent to an activating group) is 1. The van der Waals surface area contributed by atoms with Gasteiger partial charge in [-0.25, -0.2) is 0 Å². The fraction of sp³-hybridized carbons (Fsp3) is 0.318. The van der Waals surface area contributed by atoms with E-state index >= 15 is 0 Å². The van der Waals surface area contributed by atoms with E-state index in [4.69, 9.17) is 11.6 Å². The minimum absolute atomic E-state index is 0.111. The molecule has 0 fully saturated rings. The van der Waals surface area contributed by atoms with Gasteiger partial charge in [-0.1, -0.05) is 49.7 Å². The van der Waals surface area contributed by atoms with E-state index in [0.717, 1.165) is 29.9 Å². The highest BCUT2D eigenvalue weighted by atomic mass is 35.5. The van der Waals surface area contributed by atoms with Gasteiger partial charge in [-0.2, -0.15) is 0 Å². The first kappa shape index (κ1) is 18.7. The lowest BCUT2D eigenvalue weighted by atomic mass is 9.77. The van der Waals surface area contributed by atoms with Crippen LogP contribution in [0.5, 0.6) is 0 Å². The van der Waals surface area contributed by atoms with E-state index in [-0.39, 0.29) is 11.3 Å². The van der Waals surface area contributed by atoms with E-state index in [1.165, 1.54) is 17.2 Å². The second kappa shape index (κ2) is 7.26. The molecule has 136 valence electrons. The summed E-state index contributed by atoms with van der Waals surface area (Å²) in [4.78, 5) is 14.7. The number of amides is 1. The number of nitrogens with zero attached hydrogens (tertiary/aromatic N) is 1. The van der Waals surface area contributed by atoms with E-state index in [9.17, 15) is 4.79 Å². The van der Waals surface area contributed by atoms with Crippen molar-refractivity contribution in [3.63, 3.8) is 0 Å². The van der Waals surface area contributed by atoms with Gasteiger partial charge in [0.1, 0.15) is 0 Å². The Bertz CT molecular complexity index is 870. The molecule has 2 aromatic carbocycles. The number of fused-ring (bicyclic) bond motifs is 1. The first-order chi connectivity index (χ1) is 12.3. The maximum absolute atomic E-state index is 12.4. The average molecular weight is 369 g/mol. The molecule has 0 aliphatic carbocycles. The molecule has 0 aromatic heterocycles. The molecule has 0 radical (unpaired) electrons. The van der Waals surface area contributed by atoms with Crippen molar-refractivity contribution in [3.05, 3.63) is 69.8 Å². The zero-order valence-corrected chi connectivity index (χ0v) is 16.5. The SMILES string of the molecule is Cc1c(NC(=O)C=Cc2ccccc2Cl)ccc2c1CN(C)CC2(C)C. The molecular formula is C22H25ClN2O. The van der Waals surface area contributed by atoms with E-state index in [1.807, 2.05) is 30.3 Å². The van der Waals surface area contributed by atoms with Crippen molar-refractivity contribution >= 4 is 29.3 Å². The van der Waals surface area contributed by atoms with Crippen molar-refractivity contribution < 1.29 is 4.79 Å². The summed E-state index contributed by atoms with van der Waals surface area (Å²) < 4.78 is 0. The standard InChI is InChI=1S/C22H25ClN2O/c1-15-17-13-25(4)14-22(2,3)18(17)10-11-20(15)24-21(26)12-9-16-7-5-6-8-19(16)23/h5-12H,13-14H2,1-4H3,(H,24,26). The first-order valence-electron chi connectivity index (χ1n) is 8.83. The summed E-state index contributed by atoms with van der Waals surface area (Å²) in [6.45, 7) is 8.56. The maximum Gasteiger partial charge on any atom is 0.248 e. The van der Waals surface area contributed by atoms with Crippen molar-refractivity contribution in [1.29, 1.82) is 0 Å². The molecule has 1 amide bonds. The van der Waals surface area contributed by atoms with E-state index in [1.54, 1.807) is 6.08 Å². The summed E-state index contributed by atoms with van der Waals surface area (Å²) in [6, 6.07) is 11.6. The third kappa shape index (κ3) is 3.84. The lowest BCUT2D eigenvalue weighted by molar-refractivity contribution is -0.111. The fourth-order valence-electron chi connectivity index (χ4n) is 3.77. The number of halogens is 1. The van der Waals surface area contributed by atoms with Crippen LogP contribution in [-0.2, 0) is 16.8 Å². The van der Waals surface area contributed by atoms with Gasteiger partial charge in [-0.3, -0.25) is 4.79 Å². The van der Waals surface area contributed by atoms with Crippen molar-refractivity contribution in [2.24, 2.45) is 0 Å². The molecule has 0 saturated carbocycles. The molecule has 2 aromatic rings. The molecule has 0 atom stereocenters. The number of hydrogen-bond donors (Lipinski definition) is 1. The molecule has 26 heavy (non-hydrogen) atoms. The Hall–Kier alpha value is -2.10. The van der Waals surface area contributed by atoms with E-state index in [2.05, 4.69) is 44.1 Å². The van der Waals surface area contributed by atoms with E-state index < -0.39 is 0 Å². The summed E-state index contributed by atoms with van der Waals surface area (Å²) >= 11 is 6.13. The van der Waals surface area contributed by atoms with Gasteiger partial charge in [-0.05, 0) is 54.4 Å². The molecule has 1 aliphatic heterocycles. The Morgan fingerprint density at radius 3 is 2.69 bits per heavy atom. The Morgan fingerprint density at radius 2 is 1.96 bits per heavy atom. The molecule has 3 rings (SSSR count). The summed E-state index contributed by atoms with van der Waals surface area (Å²) in [6.07, 6.45) is 3.26. The van der Waals surface area contributed by atoms with Gasteiger partial charge in [0.25, 0.3) is 0 Å². The maximum atomic E-state index is 12.4. The molecule has 1 N–H and O–H groups in total. The van der Waals surface area contributed by atoms with Crippen molar-refractivity contribution in [1.82, 2.24) is 4.90 Å². The van der Waals surface area contributed by atoms with Gasteiger partial charge in [0, 0.05) is 35.3 Å². The van der Waals surface area contributed by atoms with Crippen LogP contribution in [0.4, 0.5) is 5.69 Å². The van der Waals surface area contributed by atoms with Crippen LogP contribution in [0.3, 0.4) is 0 Å². The molecule has 0 bridgehead atoms. The highest BCUT2D eigenvalue weighted by Crippen LogP contribution is 2.36. The Morgan fingerprint density at radius 1 is 1.23 bits per heavy atom. The van der Waals surface area contributed by atoms with Crippen LogP contribution in [0.1, 0.15) is 36.1 Å². The predicted molar refractivity (Wildman–Crippen MR) is 110 cm³/mol. The lowest BCUT2D eigenvalue weighted by Gasteiger charge is -2.39. The Balaban J connectivity index is 1.82. The van der Waals surface area contributed by atoms with Crippen LogP contribution >= 0.6 is 11.6 Å². The largest absolute Gasteiger partial charge is 0.322 e. The van der Waals surface area contributed by atoms with Gasteiger partial charge in [0.2, 0.25) is 5.91 Å². The number of hydrogen-bond acceptors (Lipinski definition) is 2. The summed E-state index contributed by atoms with van der Waals surface area (Å²) in [5.41, 5.74) is 5.63. The average Bonchev–Trinajstić information content (AvgIpc) is 2.56. The second-order valence-electron chi connectivity index (χ2n) is 7.66. The summed E-state index contributed by atoms with van der Waals surface area (Å²) in [5.74, 6) is -0.156. The van der Waals surface area contributed by atoms with Gasteiger partial charge in [-0.15, -0.1) is 0 Å². The number of nitrogens with one attached hydrogen (secondary N) is 1. The van der Waals surface area contributed by atoms with Crippen LogP contribution in [0.2, 0.25) is 5.02 Å². The molecule has 1 aliphatic rings. The van der Waals surface area contributed by atoms with Gasteiger partial charge >= 0.3 is 0 Å². The van der Waals surface area contributed by atoms with Crippen molar-refractivity contribution in [2.75, 3.05) is 18.9 Å². The quantitative estimate of drug-likeness (QED) is 0.771. The zero-order chi connectivity index (χ0) is 18.9. The number of carbonyl (C=O) groups excluding carboxylic acids is 1. The fourth-order valence-corrected chi connectivity index (χ4v) is 3.96. The third-order valence-corrected chi connectivity index (χ3v) is 5.34. The molecule has 1 heterocycles. The van der Waals surface area contributed by atoms with Crippen LogP contribution < -0.4 is 5.32 Å². The molecule has 0 unspecified atom stereocenters. The van der Waals surface area contributed by atoms with Crippen LogP contribution in [0.15, 0.2) is 42.5 Å². The number of benzene rings is 2. The highest BCUT2D eigenvalue weighted by molar-refractivity contribution is 6.32. The van der Waals surface area contributed by atoms with Crippen molar-refractivity contribution in [3.8, 4) is 0 Å². The zero-order valence-electron chi connectivity index (χ0n) is 15.8. The molecule has 3 nitrogen and oxygen atoms in total. The molecular weight excluding hydrogens is 344 g/mol. The van der Waals surface area contributed by atoms with Crippen LogP contribution in [0, 0.1) is 6.92 Å². The third-order valence-electron chi connectivity index (χ3n) is 5.00. The number of anilines is 1. The number of carbonyl (C=O) groups is 1. The highest BCUT2D eigenvalue weighted by Gasteiger charge is 2.31. The van der Waals surface area contributed by atoms with Gasteiger partial charge in [0.15, 0.2) is 0 Å². The van der Waals surface area contributed by atoms with Crippen LogP contribution in [0.25, 0.3) is 6.08 Å². The van der Waals surface area contributed by atoms with Crippen molar-refractivity contribution in [2.45, 2.75) is 32.7 Å².